The first kappa shape index (κ1) is 9.74. The molecule has 0 spiro atoms. The topological polar surface area (TPSA) is 46.2 Å². The van der Waals surface area contributed by atoms with E-state index in [-0.39, 0.29) is 5.75 Å². The molecule has 0 unspecified atom stereocenters. The minimum Gasteiger partial charge on any atom is -0.508 e. The van der Waals surface area contributed by atoms with Gasteiger partial charge in [0.15, 0.2) is 0 Å². The molecule has 0 fully saturated rings. The van der Waals surface area contributed by atoms with Crippen LogP contribution in [0, 0.1) is 5.82 Å². The van der Waals surface area contributed by atoms with Crippen LogP contribution in [-0.2, 0) is 0 Å². The van der Waals surface area contributed by atoms with Crippen LogP contribution in [0.15, 0.2) is 30.9 Å². The molecule has 0 heterocycles. The van der Waals surface area contributed by atoms with Gasteiger partial charge in [0.05, 0.1) is 0 Å². The molecule has 0 aliphatic heterocycles. The smallest absolute Gasteiger partial charge is 0.123 e. The second-order valence-electron chi connectivity index (χ2n) is 2.83. The molecule has 70 valence electrons. The summed E-state index contributed by atoms with van der Waals surface area (Å²) in [7, 11) is 0. The fraction of sp³-hybridized carbons (Fsp3) is 0.200. The summed E-state index contributed by atoms with van der Waals surface area (Å²) in [4.78, 5) is 0. The second kappa shape index (κ2) is 4.05. The number of hydrogen-bond acceptors (Lipinski definition) is 2. The molecule has 0 amide bonds. The van der Waals surface area contributed by atoms with Crippen LogP contribution in [0.2, 0.25) is 0 Å². The zero-order valence-electron chi connectivity index (χ0n) is 7.20. The lowest BCUT2D eigenvalue weighted by Crippen LogP contribution is -2.09. The molecule has 0 aromatic heterocycles. The molecule has 1 aromatic carbocycles. The Kier molecular flexibility index (Phi) is 3.03. The Balaban J connectivity index is 2.97. The van der Waals surface area contributed by atoms with E-state index in [4.69, 9.17) is 5.73 Å². The highest BCUT2D eigenvalue weighted by Gasteiger charge is 2.09. The molecule has 0 saturated carbocycles. The van der Waals surface area contributed by atoms with E-state index in [1.54, 1.807) is 6.08 Å². The first-order valence-corrected chi connectivity index (χ1v) is 4.00. The second-order valence-corrected chi connectivity index (χ2v) is 2.83. The quantitative estimate of drug-likeness (QED) is 0.701. The van der Waals surface area contributed by atoms with Crippen LogP contribution in [0.4, 0.5) is 4.39 Å². The molecule has 0 saturated heterocycles. The molecule has 0 radical (unpaired) electrons. The Hall–Kier alpha value is -1.35. The lowest BCUT2D eigenvalue weighted by atomic mass is 10.0. The maximum atomic E-state index is 12.8. The minimum absolute atomic E-state index is 0.0238. The van der Waals surface area contributed by atoms with Crippen LogP contribution in [-0.4, -0.2) is 5.11 Å². The number of phenols is 1. The lowest BCUT2D eigenvalue weighted by Gasteiger charge is -2.11. The summed E-state index contributed by atoms with van der Waals surface area (Å²) >= 11 is 0. The van der Waals surface area contributed by atoms with Crippen molar-refractivity contribution in [2.75, 3.05) is 0 Å². The average Bonchev–Trinajstić information content (AvgIpc) is 2.09. The van der Waals surface area contributed by atoms with Crippen molar-refractivity contribution in [2.24, 2.45) is 5.73 Å². The minimum atomic E-state index is -0.396. The molecule has 3 heteroatoms. The summed E-state index contributed by atoms with van der Waals surface area (Å²) in [5, 5.41) is 9.35. The van der Waals surface area contributed by atoms with Gasteiger partial charge < -0.3 is 10.8 Å². The average molecular weight is 181 g/mol. The van der Waals surface area contributed by atoms with Gasteiger partial charge in [-0.1, -0.05) is 6.08 Å². The van der Waals surface area contributed by atoms with Gasteiger partial charge in [0, 0.05) is 11.6 Å². The van der Waals surface area contributed by atoms with Crippen LogP contribution < -0.4 is 5.73 Å². The fourth-order valence-corrected chi connectivity index (χ4v) is 1.13. The van der Waals surface area contributed by atoms with Crippen LogP contribution in [0.1, 0.15) is 18.0 Å². The molecule has 1 atom stereocenters. The van der Waals surface area contributed by atoms with Gasteiger partial charge in [-0.15, -0.1) is 6.58 Å². The summed E-state index contributed by atoms with van der Waals surface area (Å²) in [5.74, 6) is -0.372. The predicted octanol–water partition coefficient (Wildman–Crippen LogP) is 2.11. The van der Waals surface area contributed by atoms with Crippen molar-refractivity contribution in [3.8, 4) is 5.75 Å². The van der Waals surface area contributed by atoms with E-state index in [1.165, 1.54) is 18.2 Å². The molecular formula is C10H12FNO. The molecule has 13 heavy (non-hydrogen) atoms. The molecule has 0 aliphatic rings. The van der Waals surface area contributed by atoms with E-state index in [9.17, 15) is 9.50 Å². The first-order chi connectivity index (χ1) is 6.15. The van der Waals surface area contributed by atoms with Gasteiger partial charge in [0.2, 0.25) is 0 Å². The summed E-state index contributed by atoms with van der Waals surface area (Å²) in [6.45, 7) is 3.52. The number of benzene rings is 1. The summed E-state index contributed by atoms with van der Waals surface area (Å²) in [6.07, 6.45) is 2.14. The maximum Gasteiger partial charge on any atom is 0.123 e. The maximum absolute atomic E-state index is 12.8. The predicted molar refractivity (Wildman–Crippen MR) is 49.8 cm³/mol. The largest absolute Gasteiger partial charge is 0.508 e. The summed E-state index contributed by atoms with van der Waals surface area (Å²) < 4.78 is 12.8. The van der Waals surface area contributed by atoms with Gasteiger partial charge in [0.1, 0.15) is 11.6 Å². The van der Waals surface area contributed by atoms with Crippen molar-refractivity contribution in [1.29, 1.82) is 0 Å². The van der Waals surface area contributed by atoms with E-state index < -0.39 is 11.9 Å². The number of rotatable bonds is 3. The fourth-order valence-electron chi connectivity index (χ4n) is 1.13. The SMILES string of the molecule is C=CC[C@H](N)c1cc(F)ccc1O. The Bertz CT molecular complexity index is 312. The van der Waals surface area contributed by atoms with Gasteiger partial charge >= 0.3 is 0 Å². The normalized spacial score (nSPS) is 12.5. The molecule has 0 bridgehead atoms. The van der Waals surface area contributed by atoms with Crippen LogP contribution in [0.25, 0.3) is 0 Å². The van der Waals surface area contributed by atoms with E-state index in [1.807, 2.05) is 0 Å². The lowest BCUT2D eigenvalue weighted by molar-refractivity contribution is 0.458. The Morgan fingerprint density at radius 3 is 2.92 bits per heavy atom. The molecule has 2 nitrogen and oxygen atoms in total. The van der Waals surface area contributed by atoms with Crippen molar-refractivity contribution in [2.45, 2.75) is 12.5 Å². The number of nitrogens with two attached hydrogens (primary N) is 1. The molecule has 3 N–H and O–H groups in total. The Morgan fingerprint density at radius 2 is 2.31 bits per heavy atom. The number of phenolic OH excluding ortho intramolecular Hbond substituents is 1. The standard InChI is InChI=1S/C10H12FNO/c1-2-3-9(12)8-6-7(11)4-5-10(8)13/h2,4-6,9,13H,1,3,12H2/t9-/m0/s1. The van der Waals surface area contributed by atoms with Crippen LogP contribution >= 0.6 is 0 Å². The van der Waals surface area contributed by atoms with Crippen molar-refractivity contribution in [3.05, 3.63) is 42.2 Å². The van der Waals surface area contributed by atoms with Crippen LogP contribution in [0.5, 0.6) is 5.75 Å². The van der Waals surface area contributed by atoms with E-state index >= 15 is 0 Å². The summed E-state index contributed by atoms with van der Waals surface area (Å²) in [5.41, 5.74) is 6.09. The Morgan fingerprint density at radius 1 is 1.62 bits per heavy atom. The third kappa shape index (κ3) is 2.29. The monoisotopic (exact) mass is 181 g/mol. The van der Waals surface area contributed by atoms with E-state index in [0.717, 1.165) is 0 Å². The third-order valence-corrected chi connectivity index (χ3v) is 1.81. The zero-order chi connectivity index (χ0) is 9.84. The summed E-state index contributed by atoms with van der Waals surface area (Å²) in [6, 6.07) is 3.34. The van der Waals surface area contributed by atoms with Gasteiger partial charge in [-0.2, -0.15) is 0 Å². The van der Waals surface area contributed by atoms with Gasteiger partial charge in [-0.05, 0) is 24.6 Å². The number of aromatic hydroxyl groups is 1. The van der Waals surface area contributed by atoms with E-state index in [0.29, 0.717) is 12.0 Å². The highest BCUT2D eigenvalue weighted by atomic mass is 19.1. The van der Waals surface area contributed by atoms with Crippen LogP contribution in [0.3, 0.4) is 0 Å². The number of hydrogen-bond donors (Lipinski definition) is 2. The van der Waals surface area contributed by atoms with Crippen molar-refractivity contribution < 1.29 is 9.50 Å². The van der Waals surface area contributed by atoms with E-state index in [2.05, 4.69) is 6.58 Å². The van der Waals surface area contributed by atoms with Gasteiger partial charge in [-0.25, -0.2) is 4.39 Å². The highest BCUT2D eigenvalue weighted by Crippen LogP contribution is 2.25. The highest BCUT2D eigenvalue weighted by molar-refractivity contribution is 5.35. The third-order valence-electron chi connectivity index (χ3n) is 1.81. The Labute approximate surface area is 76.5 Å². The van der Waals surface area contributed by atoms with Crippen molar-refractivity contribution in [3.63, 3.8) is 0 Å². The zero-order valence-corrected chi connectivity index (χ0v) is 7.20. The first-order valence-electron chi connectivity index (χ1n) is 4.00. The molecule has 1 aromatic rings. The number of halogens is 1. The van der Waals surface area contributed by atoms with Crippen molar-refractivity contribution in [1.82, 2.24) is 0 Å². The molecule has 1 rings (SSSR count). The van der Waals surface area contributed by atoms with Gasteiger partial charge in [0.25, 0.3) is 0 Å². The molecule has 0 aliphatic carbocycles. The van der Waals surface area contributed by atoms with Gasteiger partial charge in [-0.3, -0.25) is 0 Å². The molecular weight excluding hydrogens is 169 g/mol. The van der Waals surface area contributed by atoms with Crippen molar-refractivity contribution >= 4 is 0 Å².